The second-order valence-electron chi connectivity index (χ2n) is 43.1. The van der Waals surface area contributed by atoms with E-state index in [2.05, 4.69) is 109 Å². The number of hydrogen-bond donors (Lipinski definition) is 5. The Kier molecular flexibility index (Phi) is 25.7. The molecule has 0 saturated carbocycles. The third-order valence-corrected chi connectivity index (χ3v) is 25.5. The van der Waals surface area contributed by atoms with Crippen molar-refractivity contribution in [1.29, 1.82) is 0 Å². The number of pyridine rings is 4. The van der Waals surface area contributed by atoms with Gasteiger partial charge in [0.15, 0.2) is 34.0 Å². The summed E-state index contributed by atoms with van der Waals surface area (Å²) in [5.74, 6) is -1.60. The Morgan fingerprint density at radius 3 is 1.19 bits per heavy atom. The van der Waals surface area contributed by atoms with E-state index in [-0.39, 0.29) is 134 Å². The Labute approximate surface area is 744 Å². The number of hydrogen-bond acceptors (Lipinski definition) is 22. The molecule has 34 heteroatoms. The molecule has 5 N–H and O–H groups in total. The Balaban J connectivity index is 0.000000134. The average Bonchev–Trinajstić information content (AvgIpc) is 1.59. The number of aromatic carboxylic acids is 1. The number of carboxylic acids is 1. The molecule has 8 bridgehead atoms. The fourth-order valence-corrected chi connectivity index (χ4v) is 20.0. The summed E-state index contributed by atoms with van der Waals surface area (Å²) in [7, 11) is 7.04. The molecule has 0 spiro atoms. The van der Waals surface area contributed by atoms with E-state index >= 15 is 0 Å². The number of carboxylic acid groups (broad SMARTS) is 1. The van der Waals surface area contributed by atoms with Crippen LogP contribution < -0.4 is 28.1 Å². The number of piperidine rings is 3. The summed E-state index contributed by atoms with van der Waals surface area (Å²) in [5.41, 5.74) is 9.29. The molecular weight excluding hydrogens is 1640 g/mol. The van der Waals surface area contributed by atoms with Crippen LogP contribution in [0.4, 0.5) is 9.59 Å². The lowest BCUT2D eigenvalue weighted by molar-refractivity contribution is -0.0306. The van der Waals surface area contributed by atoms with Crippen LogP contribution in [0.1, 0.15) is 263 Å². The fraction of sp³-hybridized carbons (Fsp3) is 0.617. The van der Waals surface area contributed by atoms with E-state index in [9.17, 15) is 53.7 Å². The van der Waals surface area contributed by atoms with Gasteiger partial charge in [-0.15, -0.1) is 0 Å². The topological polar surface area (TPSA) is 401 Å². The highest BCUT2D eigenvalue weighted by atomic mass is 16.6. The molecule has 14 unspecified atom stereocenters. The van der Waals surface area contributed by atoms with Gasteiger partial charge in [0.25, 0.3) is 5.91 Å². The molecule has 8 aliphatic heterocycles. The smallest absolute Gasteiger partial charge is 0.411 e. The summed E-state index contributed by atoms with van der Waals surface area (Å²) in [6.07, 6.45) is 12.5. The summed E-state index contributed by atoms with van der Waals surface area (Å²) in [6, 6.07) is 18.9. The number of fused-ring (bicyclic) bond motifs is 12. The number of imidazole rings is 4. The van der Waals surface area contributed by atoms with Crippen molar-refractivity contribution in [3.63, 3.8) is 0 Å². The van der Waals surface area contributed by atoms with Crippen molar-refractivity contribution in [3.05, 3.63) is 155 Å². The maximum Gasteiger partial charge on any atom is 0.411 e. The third kappa shape index (κ3) is 19.5. The van der Waals surface area contributed by atoms with Gasteiger partial charge in [-0.2, -0.15) is 0 Å². The van der Waals surface area contributed by atoms with Crippen molar-refractivity contribution in [3.8, 4) is 0 Å². The van der Waals surface area contributed by atoms with Crippen LogP contribution in [0.15, 0.2) is 107 Å². The fourth-order valence-electron chi connectivity index (χ4n) is 20.0. The van der Waals surface area contributed by atoms with Gasteiger partial charge in [-0.3, -0.25) is 51.1 Å². The number of ether oxygens (including phenoxy) is 2. The number of aryl methyl sites for hydroxylation is 4. The van der Waals surface area contributed by atoms with Crippen LogP contribution in [-0.4, -0.2) is 204 Å². The Morgan fingerprint density at radius 2 is 0.805 bits per heavy atom. The molecule has 18 rings (SSSR count). The third-order valence-electron chi connectivity index (χ3n) is 25.5. The van der Waals surface area contributed by atoms with Crippen molar-refractivity contribution in [2.45, 2.75) is 323 Å². The van der Waals surface area contributed by atoms with Crippen molar-refractivity contribution in [1.82, 2.24) is 86.8 Å². The predicted octanol–water partition coefficient (Wildman–Crippen LogP) is 12.1. The van der Waals surface area contributed by atoms with E-state index in [1.165, 1.54) is 18.6 Å². The number of nitrogens with one attached hydrogen (secondary N) is 1. The van der Waals surface area contributed by atoms with E-state index in [4.69, 9.17) is 39.0 Å². The molecule has 10 aromatic rings. The van der Waals surface area contributed by atoms with E-state index < -0.39 is 35.5 Å². The lowest BCUT2D eigenvalue weighted by Crippen LogP contribution is -2.54. The van der Waals surface area contributed by atoms with Crippen molar-refractivity contribution >= 4 is 74.3 Å². The van der Waals surface area contributed by atoms with E-state index in [0.717, 1.165) is 115 Å². The molecule has 8 aliphatic rings. The van der Waals surface area contributed by atoms with Crippen LogP contribution in [0.2, 0.25) is 0 Å². The Bertz CT molecular complexity index is 6070. The minimum absolute atomic E-state index is 0.00695. The largest absolute Gasteiger partial charge is 0.476 e. The van der Waals surface area contributed by atoms with Gasteiger partial charge in [0.1, 0.15) is 23.7 Å². The summed E-state index contributed by atoms with van der Waals surface area (Å²) in [4.78, 5) is 124. The first-order valence-corrected chi connectivity index (χ1v) is 45.0. The molecule has 10 aromatic heterocycles. The van der Waals surface area contributed by atoms with E-state index in [1.807, 2.05) is 104 Å². The number of rotatable bonds is 10. The van der Waals surface area contributed by atoms with Crippen LogP contribution >= 0.6 is 0 Å². The molecule has 7 fully saturated rings. The highest BCUT2D eigenvalue weighted by molar-refractivity contribution is 5.93. The summed E-state index contributed by atoms with van der Waals surface area (Å²) in [6.45, 7) is 39.1. The molecule has 0 aliphatic carbocycles. The van der Waals surface area contributed by atoms with Crippen molar-refractivity contribution in [2.75, 3.05) is 0 Å². The number of aliphatic hydroxyl groups excluding tert-OH is 3. The van der Waals surface area contributed by atoms with Gasteiger partial charge in [-0.25, -0.2) is 53.5 Å². The maximum absolute atomic E-state index is 12.9. The Morgan fingerprint density at radius 1 is 0.430 bits per heavy atom. The maximum atomic E-state index is 12.9. The SMILES string of the molecule is Cn1c(=O)n(CC(C)(C)C)c2ccc(C3=CC4CCC(C3)N4C(=O)OC(C)(C)C)nc21.Cn1c(=O)n(CC(C)(C)C)c2ccc(C3CC4CCC(C3O)N4C(=O)OC(C)(C)C)nc21.Cn1c(=O)n(CC(C)(C)C)c2ccc(C3CC4CCC(C3O)N4C(=O)c3ccon3)nc21.Cn1c(=O)n(CC(C)(C)C)c2ccc(C3CC4CCC(N4)C3O)nc21.O=C(O)c1ccon1. The summed E-state index contributed by atoms with van der Waals surface area (Å²) in [5, 5.41) is 51.7. The first-order valence-electron chi connectivity index (χ1n) is 45.0. The summed E-state index contributed by atoms with van der Waals surface area (Å²) < 4.78 is 33.9. The molecule has 128 heavy (non-hydrogen) atoms. The van der Waals surface area contributed by atoms with Gasteiger partial charge < -0.3 is 49.2 Å². The quantitative estimate of drug-likeness (QED) is 0.0849. The van der Waals surface area contributed by atoms with Gasteiger partial charge in [-0.1, -0.05) is 99.5 Å². The number of carbonyl (C=O) groups excluding carboxylic acids is 3. The van der Waals surface area contributed by atoms with Gasteiger partial charge in [0.05, 0.1) is 64.2 Å². The highest BCUT2D eigenvalue weighted by Crippen LogP contribution is 2.47. The van der Waals surface area contributed by atoms with Gasteiger partial charge in [0, 0.05) is 132 Å². The summed E-state index contributed by atoms with van der Waals surface area (Å²) >= 11 is 0. The van der Waals surface area contributed by atoms with Crippen LogP contribution in [0, 0.1) is 21.7 Å². The molecule has 14 atom stereocenters. The predicted molar refractivity (Wildman–Crippen MR) is 483 cm³/mol. The zero-order valence-electron chi connectivity index (χ0n) is 78.2. The second kappa shape index (κ2) is 35.2. The molecule has 0 aromatic carbocycles. The van der Waals surface area contributed by atoms with E-state index in [0.29, 0.717) is 67.7 Å². The normalized spacial score (nSPS) is 24.4. The molecule has 0 radical (unpaired) electrons. The van der Waals surface area contributed by atoms with Gasteiger partial charge >= 0.3 is 40.9 Å². The number of aliphatic hydroxyl groups is 3. The average molecular weight is 1770 g/mol. The monoisotopic (exact) mass is 1770 g/mol. The first-order chi connectivity index (χ1) is 59.8. The first kappa shape index (κ1) is 93.3. The zero-order valence-corrected chi connectivity index (χ0v) is 78.2. The Hall–Kier alpha value is -10.8. The zero-order chi connectivity index (χ0) is 93.0. The molecule has 34 nitrogen and oxygen atoms in total. The van der Waals surface area contributed by atoms with Crippen molar-refractivity contribution < 1.29 is 58.1 Å². The molecule has 3 amide bonds. The molecule has 18 heterocycles. The minimum atomic E-state index is -1.07. The lowest BCUT2D eigenvalue weighted by atomic mass is 9.85. The standard InChI is InChI=1S/C24H36N4O4.C24H34N4O3.C23H29N5O4.C19H28N4O2.C4H3NO3/c1-23(2,3)13-27-18-11-9-16(25-20(18)26(7)21(27)30)15-12-14-8-10-17(19(15)29)28(14)22(31)32-24(4,5)6;1-23(2,3)14-27-19-11-10-18(25-20(19)26(7)21(27)29)15-12-16-8-9-17(13-15)28(16)22(30)31-24(4,5)6;1-23(2,3)12-27-18-8-6-15(24-20(18)26(4)22(27)31)14-11-13-5-7-17(19(14)29)28(13)21(30)16-9-10-32-25-16;1-19(2,3)10-23-15-8-7-13(21-17(15)22(4)18(23)25)12-9-11-5-6-14(20-11)16(12)24;6-4(7)3-1-2-8-5-3/h9,11,14-15,17,19,29H,8,10,12-13H2,1-7H3;10-12,16-17H,8-9,13-14H2,1-7H3;6,8-10,13-14,17,19,29H,5,7,11-12H2,1-4H3;7-8,11-12,14,16,20,24H,5-6,9-10H2,1-4H3;1-2H,(H,6,7). The molecular formula is C94H130N18O16. The number of carbonyl (C=O) groups is 4. The van der Waals surface area contributed by atoms with Crippen LogP contribution in [0.3, 0.4) is 0 Å². The highest BCUT2D eigenvalue weighted by Gasteiger charge is 2.53. The molecule has 7 saturated heterocycles. The van der Waals surface area contributed by atoms with E-state index in [1.54, 1.807) is 71.5 Å². The second-order valence-corrected chi connectivity index (χ2v) is 43.1. The number of amides is 3. The van der Waals surface area contributed by atoms with Gasteiger partial charge in [-0.05, 0) is 194 Å². The van der Waals surface area contributed by atoms with Crippen LogP contribution in [-0.2, 0) is 63.8 Å². The number of aromatic nitrogens is 14. The minimum Gasteiger partial charge on any atom is -0.476 e. The van der Waals surface area contributed by atoms with Gasteiger partial charge in [0.2, 0.25) is 0 Å². The van der Waals surface area contributed by atoms with Crippen LogP contribution in [0.25, 0.3) is 50.2 Å². The number of nitrogens with zero attached hydrogens (tertiary/aromatic N) is 17. The lowest BCUT2D eigenvalue weighted by Gasteiger charge is -2.42. The molecule has 692 valence electrons. The van der Waals surface area contributed by atoms with Crippen LogP contribution in [0.5, 0.6) is 0 Å². The van der Waals surface area contributed by atoms with Crippen molar-refractivity contribution in [2.24, 2.45) is 49.9 Å².